The topological polar surface area (TPSA) is 66.6 Å². The smallest absolute Gasteiger partial charge is 0.227 e. The Labute approximate surface area is 172 Å². The van der Waals surface area contributed by atoms with E-state index in [2.05, 4.69) is 0 Å². The first-order valence-corrected chi connectivity index (χ1v) is 9.84. The number of nitrogens with zero attached hydrogens (tertiary/aromatic N) is 2. The molecule has 2 amide bonds. The third kappa shape index (κ3) is 5.37. The number of carbonyl (C=O) groups excluding carboxylic acids is 2. The van der Waals surface area contributed by atoms with E-state index in [1.807, 2.05) is 28.9 Å². The van der Waals surface area contributed by atoms with Gasteiger partial charge in [-0.3, -0.25) is 9.59 Å². The lowest BCUT2D eigenvalue weighted by Gasteiger charge is -2.42. The van der Waals surface area contributed by atoms with Crippen LogP contribution in [-0.2, 0) is 16.0 Å². The van der Waals surface area contributed by atoms with Gasteiger partial charge in [0.15, 0.2) is 0 Å². The molecule has 1 aliphatic heterocycles. The molecular weight excluding hydrogens is 385 g/mol. The minimum Gasteiger partial charge on any atom is -0.339 e. The molecule has 3 rings (SSSR count). The van der Waals surface area contributed by atoms with Crippen LogP contribution in [0.5, 0.6) is 0 Å². The van der Waals surface area contributed by atoms with Crippen molar-refractivity contribution in [1.29, 1.82) is 0 Å². The van der Waals surface area contributed by atoms with E-state index in [1.54, 1.807) is 12.1 Å². The van der Waals surface area contributed by atoms with Crippen LogP contribution in [0.2, 0.25) is 5.02 Å². The fourth-order valence-corrected chi connectivity index (χ4v) is 4.18. The summed E-state index contributed by atoms with van der Waals surface area (Å²) in [4.78, 5) is 29.1. The Morgan fingerprint density at radius 3 is 2.30 bits per heavy atom. The molecule has 2 aliphatic rings. The molecule has 1 aliphatic carbocycles. The van der Waals surface area contributed by atoms with Gasteiger partial charge in [-0.05, 0) is 37.5 Å². The fraction of sp³-hybridized carbons (Fsp3) is 0.600. The van der Waals surface area contributed by atoms with Crippen LogP contribution >= 0.6 is 24.0 Å². The highest BCUT2D eigenvalue weighted by molar-refractivity contribution is 6.30. The number of carbonyl (C=O) groups is 2. The summed E-state index contributed by atoms with van der Waals surface area (Å²) in [6, 6.07) is 7.36. The van der Waals surface area contributed by atoms with Crippen LogP contribution in [0.15, 0.2) is 24.3 Å². The molecule has 0 aromatic heterocycles. The zero-order chi connectivity index (χ0) is 18.7. The van der Waals surface area contributed by atoms with E-state index in [4.69, 9.17) is 17.3 Å². The van der Waals surface area contributed by atoms with Gasteiger partial charge in [0.05, 0.1) is 12.3 Å². The molecule has 0 radical (unpaired) electrons. The lowest BCUT2D eigenvalue weighted by atomic mass is 9.74. The highest BCUT2D eigenvalue weighted by atomic mass is 35.5. The normalized spacial score (nSPS) is 25.7. The zero-order valence-electron chi connectivity index (χ0n) is 15.8. The standard InChI is InChI=1S/C20H28ClN3O2.ClH/c1-20(22)9-3-2-4-17(20)19(26)24-12-10-23(11-13-24)18(25)14-15-5-7-16(21)8-6-15;/h5-8,17H,2-4,9-14,22H2,1H3;1H. The lowest BCUT2D eigenvalue weighted by Crippen LogP contribution is -2.57. The second kappa shape index (κ2) is 9.26. The monoisotopic (exact) mass is 413 g/mol. The van der Waals surface area contributed by atoms with Gasteiger partial charge in [0.1, 0.15) is 0 Å². The van der Waals surface area contributed by atoms with Gasteiger partial charge in [-0.15, -0.1) is 12.4 Å². The van der Waals surface area contributed by atoms with E-state index < -0.39 is 5.54 Å². The summed E-state index contributed by atoms with van der Waals surface area (Å²) >= 11 is 5.88. The average Bonchev–Trinajstić information content (AvgIpc) is 2.63. The molecule has 2 atom stereocenters. The maximum atomic E-state index is 12.9. The van der Waals surface area contributed by atoms with Crippen molar-refractivity contribution in [1.82, 2.24) is 9.80 Å². The van der Waals surface area contributed by atoms with Crippen LogP contribution in [0.25, 0.3) is 0 Å². The van der Waals surface area contributed by atoms with Crippen molar-refractivity contribution in [3.8, 4) is 0 Å². The van der Waals surface area contributed by atoms with Crippen LogP contribution in [0, 0.1) is 5.92 Å². The first kappa shape index (κ1) is 22.0. The predicted octanol–water partition coefficient (Wildman–Crippen LogP) is 2.88. The molecule has 1 saturated heterocycles. The SMILES string of the molecule is CC1(N)CCCCC1C(=O)N1CCN(C(=O)Cc2ccc(Cl)cc2)CC1.Cl. The second-order valence-electron chi connectivity index (χ2n) is 7.81. The van der Waals surface area contributed by atoms with Gasteiger partial charge in [0, 0.05) is 36.7 Å². The highest BCUT2D eigenvalue weighted by Gasteiger charge is 2.40. The first-order chi connectivity index (χ1) is 12.4. The minimum absolute atomic E-state index is 0. The Morgan fingerprint density at radius 2 is 1.70 bits per heavy atom. The Kier molecular flexibility index (Phi) is 7.55. The third-order valence-corrected chi connectivity index (χ3v) is 6.02. The molecule has 1 aromatic rings. The summed E-state index contributed by atoms with van der Waals surface area (Å²) in [7, 11) is 0. The molecule has 2 unspecified atom stereocenters. The van der Waals surface area contributed by atoms with Gasteiger partial charge in [-0.25, -0.2) is 0 Å². The molecule has 150 valence electrons. The Bertz CT molecular complexity index is 656. The molecule has 7 heteroatoms. The van der Waals surface area contributed by atoms with Crippen molar-refractivity contribution in [3.05, 3.63) is 34.9 Å². The number of hydrogen-bond acceptors (Lipinski definition) is 3. The molecule has 0 bridgehead atoms. The first-order valence-electron chi connectivity index (χ1n) is 9.47. The van der Waals surface area contributed by atoms with E-state index in [0.29, 0.717) is 37.6 Å². The molecule has 0 spiro atoms. The molecule has 5 nitrogen and oxygen atoms in total. The zero-order valence-corrected chi connectivity index (χ0v) is 17.4. The maximum Gasteiger partial charge on any atom is 0.227 e. The molecule has 1 heterocycles. The highest BCUT2D eigenvalue weighted by Crippen LogP contribution is 2.33. The second-order valence-corrected chi connectivity index (χ2v) is 8.25. The Morgan fingerprint density at radius 1 is 1.11 bits per heavy atom. The van der Waals surface area contributed by atoms with Crippen molar-refractivity contribution in [2.24, 2.45) is 11.7 Å². The molecule has 2 N–H and O–H groups in total. The number of hydrogen-bond donors (Lipinski definition) is 1. The van der Waals surface area contributed by atoms with Crippen molar-refractivity contribution in [2.45, 2.75) is 44.6 Å². The van der Waals surface area contributed by atoms with Crippen LogP contribution in [0.4, 0.5) is 0 Å². The molecule has 27 heavy (non-hydrogen) atoms. The van der Waals surface area contributed by atoms with Gasteiger partial charge in [0.25, 0.3) is 0 Å². The molecule has 2 fully saturated rings. The van der Waals surface area contributed by atoms with E-state index in [1.165, 1.54) is 0 Å². The van der Waals surface area contributed by atoms with E-state index in [-0.39, 0.29) is 30.1 Å². The number of nitrogens with two attached hydrogens (primary N) is 1. The fourth-order valence-electron chi connectivity index (χ4n) is 4.05. The summed E-state index contributed by atoms with van der Waals surface area (Å²) in [6.07, 6.45) is 4.33. The number of amides is 2. The average molecular weight is 414 g/mol. The number of rotatable bonds is 3. The van der Waals surface area contributed by atoms with E-state index in [9.17, 15) is 9.59 Å². The van der Waals surface area contributed by atoms with E-state index in [0.717, 1.165) is 31.2 Å². The largest absolute Gasteiger partial charge is 0.339 e. The molecule has 1 aromatic carbocycles. The van der Waals surface area contributed by atoms with Crippen LogP contribution in [0.1, 0.15) is 38.2 Å². The van der Waals surface area contributed by atoms with Crippen LogP contribution < -0.4 is 5.73 Å². The van der Waals surface area contributed by atoms with E-state index >= 15 is 0 Å². The lowest BCUT2D eigenvalue weighted by molar-refractivity contribution is -0.144. The van der Waals surface area contributed by atoms with Gasteiger partial charge in [-0.2, -0.15) is 0 Å². The summed E-state index contributed by atoms with van der Waals surface area (Å²) in [6.45, 7) is 4.37. The third-order valence-electron chi connectivity index (χ3n) is 5.77. The quantitative estimate of drug-likeness (QED) is 0.827. The molecule has 1 saturated carbocycles. The van der Waals surface area contributed by atoms with Crippen molar-refractivity contribution in [2.75, 3.05) is 26.2 Å². The summed E-state index contributed by atoms with van der Waals surface area (Å²) < 4.78 is 0. The van der Waals surface area contributed by atoms with Crippen LogP contribution in [-0.4, -0.2) is 53.3 Å². The maximum absolute atomic E-state index is 12.9. The van der Waals surface area contributed by atoms with Gasteiger partial charge >= 0.3 is 0 Å². The van der Waals surface area contributed by atoms with Gasteiger partial charge in [-0.1, -0.05) is 36.6 Å². The number of piperazine rings is 1. The van der Waals surface area contributed by atoms with Gasteiger partial charge in [0.2, 0.25) is 11.8 Å². The van der Waals surface area contributed by atoms with Crippen LogP contribution in [0.3, 0.4) is 0 Å². The van der Waals surface area contributed by atoms with Crippen molar-refractivity contribution >= 4 is 35.8 Å². The Hall–Kier alpha value is -1.30. The minimum atomic E-state index is -0.406. The number of benzene rings is 1. The van der Waals surface area contributed by atoms with Crippen molar-refractivity contribution < 1.29 is 9.59 Å². The van der Waals surface area contributed by atoms with Crippen molar-refractivity contribution in [3.63, 3.8) is 0 Å². The van der Waals surface area contributed by atoms with Gasteiger partial charge < -0.3 is 15.5 Å². The Balaban J connectivity index is 0.00000261. The summed E-state index contributed by atoms with van der Waals surface area (Å²) in [5.74, 6) is 0.174. The predicted molar refractivity (Wildman–Crippen MR) is 110 cm³/mol. The summed E-state index contributed by atoms with van der Waals surface area (Å²) in [5.41, 5.74) is 6.93. The number of halogens is 2. The molecular formula is C20H29Cl2N3O2. The summed E-state index contributed by atoms with van der Waals surface area (Å²) in [5, 5.41) is 0.669.